The lowest BCUT2D eigenvalue weighted by Gasteiger charge is -2.05. The van der Waals surface area contributed by atoms with Crippen LogP contribution in [0.25, 0.3) is 6.08 Å². The van der Waals surface area contributed by atoms with E-state index < -0.39 is 23.4 Å². The smallest absolute Gasteiger partial charge is 0.331 e. The van der Waals surface area contributed by atoms with Crippen molar-refractivity contribution in [3.63, 3.8) is 0 Å². The Balaban J connectivity index is 1.82. The number of ether oxygens (including phenoxy) is 1. The van der Waals surface area contributed by atoms with E-state index >= 15 is 0 Å². The maximum Gasteiger partial charge on any atom is 0.331 e. The lowest BCUT2D eigenvalue weighted by atomic mass is 10.3. The molecule has 1 N–H and O–H groups in total. The van der Waals surface area contributed by atoms with Crippen molar-refractivity contribution in [1.82, 2.24) is 0 Å². The number of nitrogens with zero attached hydrogens (tertiary/aromatic N) is 1. The number of anilines is 1. The first-order valence-corrected chi connectivity index (χ1v) is 7.38. The van der Waals surface area contributed by atoms with Crippen LogP contribution in [-0.4, -0.2) is 23.4 Å². The van der Waals surface area contributed by atoms with Crippen molar-refractivity contribution in [2.24, 2.45) is 0 Å². The van der Waals surface area contributed by atoms with Crippen LogP contribution >= 0.6 is 15.9 Å². The zero-order valence-electron chi connectivity index (χ0n) is 12.1. The third-order valence-electron chi connectivity index (χ3n) is 2.66. The van der Waals surface area contributed by atoms with Gasteiger partial charge in [-0.3, -0.25) is 14.9 Å². The van der Waals surface area contributed by atoms with Crippen LogP contribution in [0.15, 0.2) is 51.6 Å². The van der Waals surface area contributed by atoms with Crippen LogP contribution in [0.4, 0.5) is 11.4 Å². The van der Waals surface area contributed by atoms with Crippen LogP contribution in [0.5, 0.6) is 0 Å². The Labute approximate surface area is 144 Å². The molecule has 124 valence electrons. The van der Waals surface area contributed by atoms with Gasteiger partial charge in [-0.05, 0) is 40.2 Å². The zero-order chi connectivity index (χ0) is 17.5. The number of nitrogens with one attached hydrogen (secondary N) is 1. The fourth-order valence-electron chi connectivity index (χ4n) is 1.65. The minimum absolute atomic E-state index is 0.155. The molecule has 0 fully saturated rings. The maximum absolute atomic E-state index is 11.7. The van der Waals surface area contributed by atoms with E-state index in [4.69, 9.17) is 9.15 Å². The summed E-state index contributed by atoms with van der Waals surface area (Å²) in [6.07, 6.45) is 2.51. The van der Waals surface area contributed by atoms with Gasteiger partial charge in [-0.15, -0.1) is 0 Å². The second kappa shape index (κ2) is 8.06. The second-order valence-electron chi connectivity index (χ2n) is 4.44. The van der Waals surface area contributed by atoms with Crippen LogP contribution in [-0.2, 0) is 14.3 Å². The second-order valence-corrected chi connectivity index (χ2v) is 5.22. The van der Waals surface area contributed by atoms with E-state index in [2.05, 4.69) is 21.2 Å². The molecular weight excluding hydrogens is 384 g/mol. The van der Waals surface area contributed by atoms with Gasteiger partial charge in [0.2, 0.25) is 0 Å². The van der Waals surface area contributed by atoms with Crippen molar-refractivity contribution >= 4 is 45.3 Å². The molecule has 0 spiro atoms. The summed E-state index contributed by atoms with van der Waals surface area (Å²) in [5, 5.41) is 13.0. The number of hydrogen-bond acceptors (Lipinski definition) is 6. The highest BCUT2D eigenvalue weighted by atomic mass is 79.9. The minimum atomic E-state index is -0.725. The summed E-state index contributed by atoms with van der Waals surface area (Å²) in [4.78, 5) is 33.2. The highest BCUT2D eigenvalue weighted by Gasteiger charge is 2.09. The van der Waals surface area contributed by atoms with Gasteiger partial charge in [-0.1, -0.05) is 6.07 Å². The Kier molecular flexibility index (Phi) is 5.85. The average molecular weight is 395 g/mol. The number of hydrogen-bond donors (Lipinski definition) is 1. The summed E-state index contributed by atoms with van der Waals surface area (Å²) < 4.78 is 10.4. The third kappa shape index (κ3) is 5.36. The number of nitro benzene ring substituents is 1. The highest BCUT2D eigenvalue weighted by molar-refractivity contribution is 9.10. The molecule has 0 aliphatic rings. The van der Waals surface area contributed by atoms with Crippen molar-refractivity contribution in [2.45, 2.75) is 0 Å². The lowest BCUT2D eigenvalue weighted by Crippen LogP contribution is -2.20. The van der Waals surface area contributed by atoms with E-state index in [0.717, 1.165) is 6.08 Å². The molecule has 0 atom stereocenters. The van der Waals surface area contributed by atoms with Crippen LogP contribution in [0.3, 0.4) is 0 Å². The van der Waals surface area contributed by atoms with Crippen molar-refractivity contribution in [2.75, 3.05) is 11.9 Å². The number of amides is 1. The van der Waals surface area contributed by atoms with Gasteiger partial charge < -0.3 is 14.5 Å². The Morgan fingerprint density at radius 3 is 2.79 bits per heavy atom. The van der Waals surface area contributed by atoms with Crippen LogP contribution in [0.1, 0.15) is 5.76 Å². The molecule has 0 unspecified atom stereocenters. The van der Waals surface area contributed by atoms with Gasteiger partial charge in [0.15, 0.2) is 11.3 Å². The topological polar surface area (TPSA) is 112 Å². The Morgan fingerprint density at radius 1 is 1.33 bits per heavy atom. The molecule has 24 heavy (non-hydrogen) atoms. The Bertz CT molecular complexity index is 799. The van der Waals surface area contributed by atoms with E-state index in [0.29, 0.717) is 10.4 Å². The fraction of sp³-hybridized carbons (Fsp3) is 0.0667. The van der Waals surface area contributed by atoms with Crippen molar-refractivity contribution in [1.29, 1.82) is 0 Å². The number of rotatable bonds is 6. The van der Waals surface area contributed by atoms with Gasteiger partial charge in [0, 0.05) is 23.9 Å². The van der Waals surface area contributed by atoms with Gasteiger partial charge in [-0.25, -0.2) is 4.79 Å². The van der Waals surface area contributed by atoms with Gasteiger partial charge in [0.05, 0.1) is 4.92 Å². The molecule has 0 aliphatic carbocycles. The number of carbonyl (C=O) groups excluding carboxylic acids is 2. The Hall–Kier alpha value is -2.94. The number of halogens is 1. The first kappa shape index (κ1) is 17.4. The standard InChI is InChI=1S/C15H11BrN2O6/c16-13-6-4-12(24-13)5-7-15(20)23-9-14(19)17-10-2-1-3-11(8-10)18(21)22/h1-8H,9H2,(H,17,19). The first-order chi connectivity index (χ1) is 11.4. The molecule has 1 amide bonds. The SMILES string of the molecule is O=C(COC(=O)C=Cc1ccc(Br)o1)Nc1cccc([N+](=O)[O-])c1. The van der Waals surface area contributed by atoms with E-state index in [1.807, 2.05) is 0 Å². The molecule has 9 heteroatoms. The predicted octanol–water partition coefficient (Wildman–Crippen LogP) is 3.15. The van der Waals surface area contributed by atoms with Crippen molar-refractivity contribution < 1.29 is 23.7 Å². The van der Waals surface area contributed by atoms with Gasteiger partial charge in [0.25, 0.3) is 11.6 Å². The summed E-state index contributed by atoms with van der Waals surface area (Å²) in [6.45, 7) is -0.520. The molecule has 1 heterocycles. The number of non-ortho nitro benzene ring substituents is 1. The molecule has 0 saturated heterocycles. The van der Waals surface area contributed by atoms with Crippen LogP contribution in [0.2, 0.25) is 0 Å². The molecule has 0 aliphatic heterocycles. The van der Waals surface area contributed by atoms with Crippen LogP contribution in [0, 0.1) is 10.1 Å². The summed E-state index contributed by atoms with van der Waals surface area (Å²) >= 11 is 3.12. The van der Waals surface area contributed by atoms with Crippen molar-refractivity contribution in [3.8, 4) is 0 Å². The number of furan rings is 1. The molecule has 1 aromatic carbocycles. The highest BCUT2D eigenvalue weighted by Crippen LogP contribution is 2.17. The van der Waals surface area contributed by atoms with E-state index in [9.17, 15) is 19.7 Å². The van der Waals surface area contributed by atoms with Gasteiger partial charge in [-0.2, -0.15) is 0 Å². The summed E-state index contributed by atoms with van der Waals surface area (Å²) in [7, 11) is 0. The molecule has 1 aromatic heterocycles. The molecule has 2 rings (SSSR count). The van der Waals surface area contributed by atoms with E-state index in [1.54, 1.807) is 12.1 Å². The zero-order valence-corrected chi connectivity index (χ0v) is 13.7. The minimum Gasteiger partial charge on any atom is -0.452 e. The molecular formula is C15H11BrN2O6. The number of esters is 1. The van der Waals surface area contributed by atoms with Gasteiger partial charge >= 0.3 is 5.97 Å². The Morgan fingerprint density at radius 2 is 2.12 bits per heavy atom. The summed E-state index contributed by atoms with van der Waals surface area (Å²) in [5.41, 5.74) is 0.0820. The molecule has 0 radical (unpaired) electrons. The third-order valence-corrected chi connectivity index (χ3v) is 3.09. The number of benzene rings is 1. The normalized spacial score (nSPS) is 10.5. The monoisotopic (exact) mass is 394 g/mol. The number of nitro groups is 1. The molecule has 2 aromatic rings. The van der Waals surface area contributed by atoms with E-state index in [-0.39, 0.29) is 11.4 Å². The first-order valence-electron chi connectivity index (χ1n) is 6.58. The van der Waals surface area contributed by atoms with Crippen LogP contribution < -0.4 is 5.32 Å². The van der Waals surface area contributed by atoms with E-state index in [1.165, 1.54) is 30.3 Å². The molecule has 8 nitrogen and oxygen atoms in total. The summed E-state index contributed by atoms with van der Waals surface area (Å²) in [6, 6.07) is 8.73. The fourth-order valence-corrected chi connectivity index (χ4v) is 1.97. The average Bonchev–Trinajstić information content (AvgIpc) is 2.96. The predicted molar refractivity (Wildman–Crippen MR) is 88.1 cm³/mol. The number of carbonyl (C=O) groups is 2. The maximum atomic E-state index is 11.7. The molecule has 0 saturated carbocycles. The van der Waals surface area contributed by atoms with Gasteiger partial charge in [0.1, 0.15) is 5.76 Å². The summed E-state index contributed by atoms with van der Waals surface area (Å²) in [5.74, 6) is -0.894. The largest absolute Gasteiger partial charge is 0.452 e. The quantitative estimate of drug-likeness (QED) is 0.348. The lowest BCUT2D eigenvalue weighted by molar-refractivity contribution is -0.384. The molecule has 0 bridgehead atoms. The van der Waals surface area contributed by atoms with Crippen molar-refractivity contribution in [3.05, 3.63) is 63.0 Å².